The highest BCUT2D eigenvalue weighted by molar-refractivity contribution is 6.06. The van der Waals surface area contributed by atoms with Crippen molar-refractivity contribution in [1.29, 1.82) is 0 Å². The minimum absolute atomic E-state index is 0.0265. The third-order valence-electron chi connectivity index (χ3n) is 19.1. The van der Waals surface area contributed by atoms with Gasteiger partial charge in [0, 0.05) is 114 Å². The van der Waals surface area contributed by atoms with Crippen LogP contribution in [0, 0.1) is 16.6 Å². The quantitative estimate of drug-likeness (QED) is 0.0781. The molecule has 83 heavy (non-hydrogen) atoms. The Morgan fingerprint density at radius 1 is 0.843 bits per heavy atom. The van der Waals surface area contributed by atoms with Gasteiger partial charge in [0.15, 0.2) is 12.6 Å². The molecule has 1 N–H and O–H groups in total. The van der Waals surface area contributed by atoms with Crippen LogP contribution >= 0.6 is 0 Å². The van der Waals surface area contributed by atoms with Gasteiger partial charge in [0.2, 0.25) is 11.8 Å². The number of pyridine rings is 1. The number of aromatic nitrogens is 3. The number of nitrogens with zero attached hydrogens (tertiary/aromatic N) is 9. The predicted octanol–water partition coefficient (Wildman–Crippen LogP) is 8.44. The highest BCUT2D eigenvalue weighted by atomic mass is 19.1. The molecule has 6 aliphatic heterocycles. The number of nitrogens with one attached hydrogen (secondary N) is 1. The number of benzene rings is 3. The normalized spacial score (nSPS) is 23.9. The van der Waals surface area contributed by atoms with E-state index in [9.17, 15) is 19.2 Å². The zero-order valence-corrected chi connectivity index (χ0v) is 48.4. The van der Waals surface area contributed by atoms with Gasteiger partial charge in [0.05, 0.1) is 24.1 Å². The summed E-state index contributed by atoms with van der Waals surface area (Å²) in [6, 6.07) is 14.9. The van der Waals surface area contributed by atoms with Crippen molar-refractivity contribution in [2.75, 3.05) is 95.8 Å². The Kier molecular flexibility index (Phi) is 14.3. The second-order valence-corrected chi connectivity index (χ2v) is 26.2. The summed E-state index contributed by atoms with van der Waals surface area (Å²) in [6.45, 7) is 15.6. The van der Waals surface area contributed by atoms with E-state index in [0.717, 1.165) is 118 Å². The molecule has 8 aliphatic rings. The SMILES string of the molecule is CCc1cccc2cc(OCOC)cc(-c3ncc4c(N5CC6CCC(C5)N6C(=O)OC(C)(C)C)nc(OCC5(CN6CC7(CCC(F)(CN8CCN(c9ccc%10c(c9)CN([C@H]9CCC(=O)NC9=O)C%10=O)CC8)CC7)C6)CC5)nc4c3F)c12. The van der Waals surface area contributed by atoms with Crippen LogP contribution in [-0.2, 0) is 32.0 Å². The molecule has 5 aromatic rings. The molecule has 13 rings (SSSR count). The number of anilines is 2. The largest absolute Gasteiger partial charge is 0.468 e. The van der Waals surface area contributed by atoms with E-state index in [-0.39, 0.29) is 71.3 Å². The maximum absolute atomic E-state index is 17.7. The number of piperidine rings is 1. The number of alkyl halides is 1. The summed E-state index contributed by atoms with van der Waals surface area (Å²) in [5, 5.41) is 4.61. The molecule has 20 heteroatoms. The molecule has 2 bridgehead atoms. The maximum atomic E-state index is 17.7. The van der Waals surface area contributed by atoms with Gasteiger partial charge in [-0.1, -0.05) is 25.1 Å². The summed E-state index contributed by atoms with van der Waals surface area (Å²) in [5.41, 5.74) is 2.53. The molecular formula is C63H76F2N10O8. The van der Waals surface area contributed by atoms with Crippen LogP contribution < -0.4 is 24.6 Å². The molecule has 8 heterocycles. The number of hydrogen-bond acceptors (Lipinski definition) is 15. The average molecular weight is 1140 g/mol. The highest BCUT2D eigenvalue weighted by Gasteiger charge is 2.54. The maximum Gasteiger partial charge on any atom is 0.410 e. The van der Waals surface area contributed by atoms with Crippen LogP contribution in [0.25, 0.3) is 32.9 Å². The molecule has 7 fully saturated rings. The van der Waals surface area contributed by atoms with Gasteiger partial charge in [-0.3, -0.25) is 34.5 Å². The van der Waals surface area contributed by atoms with E-state index in [1.54, 1.807) is 18.2 Å². The Hall–Kier alpha value is -6.77. The first-order valence-electron chi connectivity index (χ1n) is 30.0. The predicted molar refractivity (Wildman–Crippen MR) is 309 cm³/mol. The van der Waals surface area contributed by atoms with Crippen molar-refractivity contribution in [3.8, 4) is 23.0 Å². The molecule has 3 aromatic carbocycles. The Morgan fingerprint density at radius 3 is 2.30 bits per heavy atom. The number of hydrogen-bond donors (Lipinski definition) is 1. The monoisotopic (exact) mass is 1140 g/mol. The van der Waals surface area contributed by atoms with Gasteiger partial charge in [-0.2, -0.15) is 9.97 Å². The van der Waals surface area contributed by atoms with Crippen molar-refractivity contribution in [3.63, 3.8) is 0 Å². The van der Waals surface area contributed by atoms with E-state index in [1.165, 1.54) is 0 Å². The second-order valence-electron chi connectivity index (χ2n) is 26.2. The van der Waals surface area contributed by atoms with Crippen molar-refractivity contribution in [1.82, 2.24) is 39.9 Å². The Morgan fingerprint density at radius 2 is 1.60 bits per heavy atom. The lowest BCUT2D eigenvalue weighted by molar-refractivity contribution is -0.136. The number of likely N-dealkylation sites (tertiary alicyclic amines) is 1. The first kappa shape index (κ1) is 55.4. The van der Waals surface area contributed by atoms with Crippen LogP contribution in [0.5, 0.6) is 11.8 Å². The molecule has 440 valence electrons. The first-order valence-corrected chi connectivity index (χ1v) is 30.0. The van der Waals surface area contributed by atoms with E-state index in [2.05, 4.69) is 37.9 Å². The van der Waals surface area contributed by atoms with Gasteiger partial charge in [0.1, 0.15) is 40.1 Å². The number of fused-ring (bicyclic) bond motifs is 5. The van der Waals surface area contributed by atoms with Gasteiger partial charge in [-0.25, -0.2) is 13.6 Å². The molecular weight excluding hydrogens is 1060 g/mol. The average Bonchev–Trinajstić information content (AvgIpc) is 4.33. The van der Waals surface area contributed by atoms with Crippen LogP contribution in [0.15, 0.2) is 54.7 Å². The topological polar surface area (TPSA) is 175 Å². The number of carbonyl (C=O) groups is 4. The Labute approximate surface area is 483 Å². The van der Waals surface area contributed by atoms with Crippen molar-refractivity contribution >= 4 is 57.0 Å². The van der Waals surface area contributed by atoms with E-state index in [1.807, 2.05) is 68.1 Å². The summed E-state index contributed by atoms with van der Waals surface area (Å²) in [5.74, 6) is -0.434. The molecule has 5 saturated heterocycles. The molecule has 0 radical (unpaired) electrons. The number of imide groups is 1. The van der Waals surface area contributed by atoms with Gasteiger partial charge in [-0.15, -0.1) is 0 Å². The number of methoxy groups -OCH3 is 1. The number of ether oxygens (including phenoxy) is 4. The lowest BCUT2D eigenvalue weighted by Gasteiger charge is -2.55. The third-order valence-corrected chi connectivity index (χ3v) is 19.1. The van der Waals surface area contributed by atoms with E-state index in [4.69, 9.17) is 33.9 Å². The van der Waals surface area contributed by atoms with Crippen molar-refractivity contribution in [2.45, 2.75) is 134 Å². The van der Waals surface area contributed by atoms with Crippen LogP contribution in [0.1, 0.15) is 113 Å². The van der Waals surface area contributed by atoms with Gasteiger partial charge in [0.25, 0.3) is 5.91 Å². The molecule has 18 nitrogen and oxygen atoms in total. The summed E-state index contributed by atoms with van der Waals surface area (Å²) < 4.78 is 58.2. The summed E-state index contributed by atoms with van der Waals surface area (Å²) in [7, 11) is 1.56. The summed E-state index contributed by atoms with van der Waals surface area (Å²) in [4.78, 5) is 78.6. The minimum atomic E-state index is -1.23. The van der Waals surface area contributed by atoms with E-state index >= 15 is 8.78 Å². The third kappa shape index (κ3) is 10.8. The van der Waals surface area contributed by atoms with Gasteiger partial charge < -0.3 is 38.5 Å². The number of carbonyl (C=O) groups excluding carboxylic acids is 4. The first-order chi connectivity index (χ1) is 39.9. The molecule has 2 aliphatic carbocycles. The molecule has 2 saturated carbocycles. The Balaban J connectivity index is 0.659. The van der Waals surface area contributed by atoms with Crippen LogP contribution in [-0.4, -0.2) is 174 Å². The number of rotatable bonds is 15. The lowest BCUT2D eigenvalue weighted by atomic mass is 9.64. The zero-order valence-electron chi connectivity index (χ0n) is 48.4. The summed E-state index contributed by atoms with van der Waals surface area (Å²) >= 11 is 0. The number of halogens is 2. The number of piperazine rings is 2. The molecule has 3 atom stereocenters. The van der Waals surface area contributed by atoms with Gasteiger partial charge >= 0.3 is 12.1 Å². The van der Waals surface area contributed by atoms with E-state index in [0.29, 0.717) is 80.1 Å². The van der Waals surface area contributed by atoms with Crippen LogP contribution in [0.3, 0.4) is 0 Å². The fourth-order valence-electron chi connectivity index (χ4n) is 14.6. The highest BCUT2D eigenvalue weighted by Crippen LogP contribution is 2.53. The van der Waals surface area contributed by atoms with Crippen LogP contribution in [0.4, 0.5) is 25.1 Å². The summed E-state index contributed by atoms with van der Waals surface area (Å²) in [6.07, 6.45) is 9.04. The fourth-order valence-corrected chi connectivity index (χ4v) is 14.6. The van der Waals surface area contributed by atoms with Crippen molar-refractivity contribution in [3.05, 3.63) is 77.2 Å². The smallest absolute Gasteiger partial charge is 0.410 e. The van der Waals surface area contributed by atoms with Gasteiger partial charge in [-0.05, 0) is 143 Å². The zero-order chi connectivity index (χ0) is 57.6. The second kappa shape index (κ2) is 21.4. The molecule has 1 spiro atoms. The van der Waals surface area contributed by atoms with E-state index < -0.39 is 29.0 Å². The number of aryl methyl sites for hydroxylation is 1. The molecule has 2 aromatic heterocycles. The number of amides is 4. The lowest BCUT2D eigenvalue weighted by Crippen LogP contribution is -2.61. The minimum Gasteiger partial charge on any atom is -0.468 e. The fraction of sp³-hybridized carbons (Fsp3) is 0.571. The van der Waals surface area contributed by atoms with Crippen molar-refractivity contribution < 1.29 is 46.9 Å². The molecule has 4 amide bonds. The van der Waals surface area contributed by atoms with Crippen molar-refractivity contribution in [2.24, 2.45) is 10.8 Å². The molecule has 2 unspecified atom stereocenters. The Bertz CT molecular complexity index is 3370. The van der Waals surface area contributed by atoms with Crippen LogP contribution in [0.2, 0.25) is 0 Å². The standard InChI is InChI=1S/C63H76F2N10O8/c1-6-39-8-7-9-40-27-45(82-38-80-5)28-47(51(39)40)53-52(64)54-48(29-66-53)55(73-31-43-10-11-44(32-73)75(43)59(79)83-60(2,3)4)69-58(68-54)81-37-62(16-17-62)35-71-33-61(34-71)18-20-63(65,21-19-61)36-70-22-24-72(25-23-70)42-12-13-46-41(26-42)30-74(57(46)78)49-14-15-50(76)67-56(49)77/h7-9,12-13,26-29,43-44,49H,6,10-11,14-25,30-38H2,1-5H3,(H,67,76,77)/t43?,44?,49-/m0/s1.